The largest absolute Gasteiger partial charge is 0.502 e. The van der Waals surface area contributed by atoms with Crippen molar-refractivity contribution in [2.75, 3.05) is 25.6 Å². The van der Waals surface area contributed by atoms with Crippen LogP contribution in [0.1, 0.15) is 46.9 Å². The van der Waals surface area contributed by atoms with E-state index in [-0.39, 0.29) is 47.5 Å². The molecule has 1 saturated heterocycles. The number of pyridine rings is 1. The third-order valence-corrected chi connectivity index (χ3v) is 9.22. The number of likely N-dealkylation sites (tertiary alicyclic amines) is 1. The molecule has 1 aromatic heterocycles. The molecule has 2 aliphatic heterocycles. The van der Waals surface area contributed by atoms with Gasteiger partial charge in [-0.1, -0.05) is 48.2 Å². The van der Waals surface area contributed by atoms with Crippen molar-refractivity contribution in [1.82, 2.24) is 14.5 Å². The van der Waals surface area contributed by atoms with Crippen molar-refractivity contribution in [3.8, 4) is 5.75 Å². The number of aromatic hydroxyl groups is 1. The second kappa shape index (κ2) is 12.3. The lowest BCUT2D eigenvalue weighted by Gasteiger charge is -2.57. The van der Waals surface area contributed by atoms with Crippen LogP contribution in [0.25, 0.3) is 0 Å². The van der Waals surface area contributed by atoms with Crippen LogP contribution in [0.2, 0.25) is 0 Å². The topological polar surface area (TPSA) is 143 Å². The van der Waals surface area contributed by atoms with Crippen LogP contribution in [0.4, 0.5) is 13.6 Å². The molecule has 236 valence electrons. The Labute approximate surface area is 262 Å². The zero-order chi connectivity index (χ0) is 32.6. The summed E-state index contributed by atoms with van der Waals surface area (Å²) in [5, 5.41) is 28.8. The van der Waals surface area contributed by atoms with Gasteiger partial charge in [0.15, 0.2) is 11.4 Å². The fourth-order valence-corrected chi connectivity index (χ4v) is 6.61. The maximum Gasteiger partial charge on any atom is 0.410 e. The molecule has 3 heterocycles. The first-order valence-electron chi connectivity index (χ1n) is 14.1. The number of ether oxygens (including phenoxy) is 1. The molecule has 1 spiro atoms. The molecule has 0 aliphatic carbocycles. The SMILES string of the molecule is CC1CC2(CCN1C(=O)OCc1ccccc1)N(C)C(=O)c1c(O)c(=O)c(C(=N)SC(=N)Cc3ccc(F)cc3F)cn1N2C. The third kappa shape index (κ3) is 5.89. The van der Waals surface area contributed by atoms with Gasteiger partial charge in [0, 0.05) is 58.2 Å². The van der Waals surface area contributed by atoms with Gasteiger partial charge in [-0.15, -0.1) is 0 Å². The average Bonchev–Trinajstić information content (AvgIpc) is 3.01. The number of thioether (sulfide) groups is 1. The molecule has 11 nitrogen and oxygen atoms in total. The number of nitrogens with zero attached hydrogens (tertiary/aromatic N) is 4. The van der Waals surface area contributed by atoms with Gasteiger partial charge in [-0.3, -0.25) is 30.1 Å². The first-order chi connectivity index (χ1) is 21.3. The van der Waals surface area contributed by atoms with Crippen molar-refractivity contribution in [2.24, 2.45) is 0 Å². The number of halogens is 2. The second-order valence-electron chi connectivity index (χ2n) is 11.1. The normalized spacial score (nSPS) is 19.4. The zero-order valence-electron chi connectivity index (χ0n) is 24.8. The van der Waals surface area contributed by atoms with Crippen LogP contribution < -0.4 is 10.4 Å². The summed E-state index contributed by atoms with van der Waals surface area (Å²) in [5.74, 6) is -3.05. The molecule has 0 radical (unpaired) electrons. The van der Waals surface area contributed by atoms with Gasteiger partial charge in [0.05, 0.1) is 10.6 Å². The molecule has 14 heteroatoms. The van der Waals surface area contributed by atoms with E-state index in [1.807, 2.05) is 37.3 Å². The molecular formula is C31H32F2N6O5S. The van der Waals surface area contributed by atoms with Gasteiger partial charge >= 0.3 is 6.09 Å². The standard InChI is InChI=1S/C31H32F2N6O5S/c1-18-15-31(11-12-38(18)30(43)44-17-19-7-5-4-6-8-19)36(2)29(42)25-27(41)26(40)22(16-39(25)37(31)3)28(35)45-24(34)13-20-9-10-21(32)14-23(20)33/h4-10,14,16,18,34-35,41H,11-13,15,17H2,1-3H3. The van der Waals surface area contributed by atoms with Crippen LogP contribution in [-0.4, -0.2) is 74.0 Å². The molecule has 45 heavy (non-hydrogen) atoms. The highest BCUT2D eigenvalue weighted by molar-refractivity contribution is 8.26. The monoisotopic (exact) mass is 638 g/mol. The highest BCUT2D eigenvalue weighted by atomic mass is 32.2. The molecular weight excluding hydrogens is 606 g/mol. The molecule has 0 saturated carbocycles. The summed E-state index contributed by atoms with van der Waals surface area (Å²) in [6.07, 6.45) is 1.18. The second-order valence-corrected chi connectivity index (χ2v) is 12.2. The van der Waals surface area contributed by atoms with Gasteiger partial charge in [-0.25, -0.2) is 13.6 Å². The number of benzene rings is 2. The Balaban J connectivity index is 1.36. The minimum absolute atomic E-state index is 0.0476. The van der Waals surface area contributed by atoms with Crippen molar-refractivity contribution in [1.29, 1.82) is 10.8 Å². The fourth-order valence-electron chi connectivity index (χ4n) is 5.88. The lowest BCUT2D eigenvalue weighted by atomic mass is 9.88. The Morgan fingerprint density at radius 2 is 1.84 bits per heavy atom. The quantitative estimate of drug-likeness (QED) is 0.280. The van der Waals surface area contributed by atoms with E-state index < -0.39 is 45.5 Å². The van der Waals surface area contributed by atoms with Gasteiger partial charge < -0.3 is 19.6 Å². The molecule has 2 aromatic carbocycles. The van der Waals surface area contributed by atoms with E-state index >= 15 is 0 Å². The molecule has 3 N–H and O–H groups in total. The van der Waals surface area contributed by atoms with Crippen LogP contribution in [0, 0.1) is 22.5 Å². The van der Waals surface area contributed by atoms with E-state index in [1.54, 1.807) is 24.0 Å². The Morgan fingerprint density at radius 3 is 2.51 bits per heavy atom. The third-order valence-electron chi connectivity index (χ3n) is 8.40. The molecule has 0 bridgehead atoms. The van der Waals surface area contributed by atoms with Crippen molar-refractivity contribution < 1.29 is 28.2 Å². The summed E-state index contributed by atoms with van der Waals surface area (Å²) in [5.41, 5.74) is -1.56. The minimum Gasteiger partial charge on any atom is -0.502 e. The van der Waals surface area contributed by atoms with Crippen molar-refractivity contribution in [3.05, 3.63) is 99.0 Å². The molecule has 5 rings (SSSR count). The molecule has 3 aromatic rings. The Kier molecular flexibility index (Phi) is 8.70. The maximum atomic E-state index is 14.1. The first-order valence-corrected chi connectivity index (χ1v) is 14.9. The van der Waals surface area contributed by atoms with Crippen molar-refractivity contribution >= 4 is 33.8 Å². The summed E-state index contributed by atoms with van der Waals surface area (Å²) < 4.78 is 34.3. The number of carbonyl (C=O) groups excluding carboxylic acids is 2. The average molecular weight is 639 g/mol. The van der Waals surface area contributed by atoms with Crippen LogP contribution in [-0.2, 0) is 17.8 Å². The summed E-state index contributed by atoms with van der Waals surface area (Å²) in [4.78, 5) is 42.8. The lowest BCUT2D eigenvalue weighted by Crippen LogP contribution is -2.72. The lowest BCUT2D eigenvalue weighted by molar-refractivity contribution is -0.00942. The number of rotatable bonds is 5. The van der Waals surface area contributed by atoms with Crippen LogP contribution >= 0.6 is 11.8 Å². The van der Waals surface area contributed by atoms with E-state index in [1.165, 1.54) is 21.8 Å². The Hall–Kier alpha value is -4.72. The first kappa shape index (κ1) is 31.7. The van der Waals surface area contributed by atoms with E-state index in [2.05, 4.69) is 0 Å². The molecule has 2 amide bonds. The smallest absolute Gasteiger partial charge is 0.410 e. The number of carbonyl (C=O) groups is 2. The number of hydrogen-bond acceptors (Lipinski definition) is 9. The molecule has 2 unspecified atom stereocenters. The van der Waals surface area contributed by atoms with Crippen LogP contribution in [0.5, 0.6) is 5.75 Å². The van der Waals surface area contributed by atoms with Crippen LogP contribution in [0.3, 0.4) is 0 Å². The van der Waals surface area contributed by atoms with Crippen molar-refractivity contribution in [2.45, 2.75) is 44.5 Å². The molecule has 2 atom stereocenters. The van der Waals surface area contributed by atoms with Gasteiger partial charge in [0.2, 0.25) is 5.43 Å². The molecule has 2 aliphatic rings. The number of fused-ring (bicyclic) bond motifs is 1. The predicted octanol–water partition coefficient (Wildman–Crippen LogP) is 4.28. The molecule has 1 fully saturated rings. The Bertz CT molecular complexity index is 1750. The van der Waals surface area contributed by atoms with E-state index in [0.717, 1.165) is 11.6 Å². The van der Waals surface area contributed by atoms with Crippen molar-refractivity contribution in [3.63, 3.8) is 0 Å². The Morgan fingerprint density at radius 1 is 1.13 bits per heavy atom. The number of piperidine rings is 1. The highest BCUT2D eigenvalue weighted by Crippen LogP contribution is 2.39. The summed E-state index contributed by atoms with van der Waals surface area (Å²) in [7, 11) is 3.26. The van der Waals surface area contributed by atoms with E-state index in [9.17, 15) is 28.3 Å². The van der Waals surface area contributed by atoms with Gasteiger partial charge in [-0.05, 0) is 24.1 Å². The highest BCUT2D eigenvalue weighted by Gasteiger charge is 2.52. The fraction of sp³-hybridized carbons (Fsp3) is 0.323. The zero-order valence-corrected chi connectivity index (χ0v) is 25.7. The number of hydrogen-bond donors (Lipinski definition) is 3. The van der Waals surface area contributed by atoms with Gasteiger partial charge in [-0.2, -0.15) is 0 Å². The maximum absolute atomic E-state index is 14.1. The van der Waals surface area contributed by atoms with Gasteiger partial charge in [0.1, 0.15) is 28.9 Å². The number of nitrogens with one attached hydrogen (secondary N) is 2. The minimum atomic E-state index is -0.963. The summed E-state index contributed by atoms with van der Waals surface area (Å²) >= 11 is 0.580. The van der Waals surface area contributed by atoms with Gasteiger partial charge in [0.25, 0.3) is 5.91 Å². The summed E-state index contributed by atoms with van der Waals surface area (Å²) in [6.45, 7) is 2.23. The predicted molar refractivity (Wildman–Crippen MR) is 166 cm³/mol. The number of amides is 2. The van der Waals surface area contributed by atoms with Crippen LogP contribution in [0.15, 0.2) is 59.5 Å². The van der Waals surface area contributed by atoms with E-state index in [4.69, 9.17) is 15.6 Å². The van der Waals surface area contributed by atoms with E-state index in [0.29, 0.717) is 30.7 Å². The number of aromatic nitrogens is 1. The summed E-state index contributed by atoms with van der Waals surface area (Å²) in [6, 6.07) is 11.9.